The van der Waals surface area contributed by atoms with Gasteiger partial charge in [0, 0.05) is 0 Å². The fraction of sp³-hybridized carbons (Fsp3) is 0.125. The van der Waals surface area contributed by atoms with E-state index in [9.17, 15) is 4.39 Å². The predicted octanol–water partition coefficient (Wildman–Crippen LogP) is 2.25. The van der Waals surface area contributed by atoms with Gasteiger partial charge in [-0.1, -0.05) is 11.6 Å². The average Bonchev–Trinajstić information content (AvgIpc) is 2.01. The number of halogens is 2. The zero-order valence-electron chi connectivity index (χ0n) is 6.01. The second kappa shape index (κ2) is 3.42. The predicted molar refractivity (Wildman–Crippen MR) is 42.4 cm³/mol. The van der Waals surface area contributed by atoms with Crippen LogP contribution in [0.15, 0.2) is 12.1 Å². The summed E-state index contributed by atoms with van der Waals surface area (Å²) in [4.78, 5) is 0. The van der Waals surface area contributed by atoms with Crippen LogP contribution in [0, 0.1) is 17.1 Å². The number of phenolic OH excluding ortho intramolecular Hbond substituents is 1. The van der Waals surface area contributed by atoms with Gasteiger partial charge in [0.2, 0.25) is 0 Å². The molecule has 0 atom stereocenters. The molecule has 0 aromatic heterocycles. The molecule has 1 aromatic rings. The van der Waals surface area contributed by atoms with Crippen molar-refractivity contribution in [3.8, 4) is 11.8 Å². The number of rotatable bonds is 1. The third kappa shape index (κ3) is 1.66. The number of hydrogen-bond donors (Lipinski definition) is 1. The minimum Gasteiger partial charge on any atom is -0.505 e. The van der Waals surface area contributed by atoms with Crippen LogP contribution in [0.3, 0.4) is 0 Å². The van der Waals surface area contributed by atoms with E-state index in [0.29, 0.717) is 5.56 Å². The summed E-state index contributed by atoms with van der Waals surface area (Å²) in [7, 11) is 0. The number of aromatic hydroxyl groups is 1. The smallest absolute Gasteiger partial charge is 0.183 e. The maximum absolute atomic E-state index is 12.7. The van der Waals surface area contributed by atoms with Crippen LogP contribution in [0.25, 0.3) is 0 Å². The molecule has 4 heteroatoms. The highest BCUT2D eigenvalue weighted by Crippen LogP contribution is 2.25. The quantitative estimate of drug-likeness (QED) is 0.729. The van der Waals surface area contributed by atoms with Crippen molar-refractivity contribution >= 4 is 11.6 Å². The Balaban J connectivity index is 3.14. The zero-order valence-corrected chi connectivity index (χ0v) is 6.77. The summed E-state index contributed by atoms with van der Waals surface area (Å²) in [6.07, 6.45) is 0.105. The van der Waals surface area contributed by atoms with Crippen LogP contribution in [0.2, 0.25) is 5.02 Å². The highest BCUT2D eigenvalue weighted by molar-refractivity contribution is 6.30. The van der Waals surface area contributed by atoms with Crippen LogP contribution in [-0.2, 0) is 6.42 Å². The molecule has 0 radical (unpaired) electrons. The molecule has 0 saturated heterocycles. The van der Waals surface area contributed by atoms with Gasteiger partial charge >= 0.3 is 0 Å². The topological polar surface area (TPSA) is 44.0 Å². The second-order valence-corrected chi connectivity index (χ2v) is 2.65. The van der Waals surface area contributed by atoms with Crippen molar-refractivity contribution in [1.29, 1.82) is 5.26 Å². The van der Waals surface area contributed by atoms with E-state index < -0.39 is 11.6 Å². The van der Waals surface area contributed by atoms with E-state index in [1.54, 1.807) is 0 Å². The Bertz CT molecular complexity index is 322. The summed E-state index contributed by atoms with van der Waals surface area (Å²) < 4.78 is 12.7. The van der Waals surface area contributed by atoms with Crippen molar-refractivity contribution in [1.82, 2.24) is 0 Å². The Kier molecular flexibility index (Phi) is 2.51. The number of nitriles is 1. The second-order valence-electron chi connectivity index (χ2n) is 2.25. The van der Waals surface area contributed by atoms with Crippen molar-refractivity contribution in [3.63, 3.8) is 0 Å². The Labute approximate surface area is 73.8 Å². The summed E-state index contributed by atoms with van der Waals surface area (Å²) in [6.45, 7) is 0. The fourth-order valence-corrected chi connectivity index (χ4v) is 1.06. The Hall–Kier alpha value is -1.27. The molecule has 1 N–H and O–H groups in total. The SMILES string of the molecule is N#CCc1cc(O)c(F)c(Cl)c1. The first kappa shape index (κ1) is 8.82. The maximum Gasteiger partial charge on any atom is 0.183 e. The van der Waals surface area contributed by atoms with E-state index in [1.165, 1.54) is 12.1 Å². The van der Waals surface area contributed by atoms with Crippen LogP contribution in [0.5, 0.6) is 5.75 Å². The minimum atomic E-state index is -0.849. The van der Waals surface area contributed by atoms with Gasteiger partial charge in [-0.15, -0.1) is 0 Å². The van der Waals surface area contributed by atoms with Crippen molar-refractivity contribution in [3.05, 3.63) is 28.5 Å². The first-order chi connectivity index (χ1) is 5.65. The molecule has 1 rings (SSSR count). The highest BCUT2D eigenvalue weighted by atomic mass is 35.5. The third-order valence-corrected chi connectivity index (χ3v) is 1.63. The van der Waals surface area contributed by atoms with Gasteiger partial charge in [0.1, 0.15) is 0 Å². The van der Waals surface area contributed by atoms with E-state index in [-0.39, 0.29) is 11.4 Å². The summed E-state index contributed by atoms with van der Waals surface area (Å²) in [6, 6.07) is 4.37. The number of nitrogens with zero attached hydrogens (tertiary/aromatic N) is 1. The monoisotopic (exact) mass is 185 g/mol. The minimum absolute atomic E-state index is 0.105. The Morgan fingerprint density at radius 3 is 2.75 bits per heavy atom. The summed E-state index contributed by atoms with van der Waals surface area (Å²) in [5.41, 5.74) is 0.501. The van der Waals surface area contributed by atoms with Crippen molar-refractivity contribution in [2.24, 2.45) is 0 Å². The van der Waals surface area contributed by atoms with E-state index in [1.807, 2.05) is 6.07 Å². The molecule has 0 amide bonds. The lowest BCUT2D eigenvalue weighted by molar-refractivity contribution is 0.432. The van der Waals surface area contributed by atoms with Gasteiger partial charge in [-0.2, -0.15) is 5.26 Å². The van der Waals surface area contributed by atoms with Gasteiger partial charge in [-0.25, -0.2) is 4.39 Å². The average molecular weight is 186 g/mol. The van der Waals surface area contributed by atoms with Crippen molar-refractivity contribution in [2.45, 2.75) is 6.42 Å². The number of benzene rings is 1. The molecule has 2 nitrogen and oxygen atoms in total. The van der Waals surface area contributed by atoms with Crippen molar-refractivity contribution < 1.29 is 9.50 Å². The third-order valence-electron chi connectivity index (χ3n) is 1.35. The van der Waals surface area contributed by atoms with Gasteiger partial charge < -0.3 is 5.11 Å². The molecular formula is C8H5ClFNO. The lowest BCUT2D eigenvalue weighted by Gasteiger charge is -2.00. The molecule has 0 aliphatic heterocycles. The lowest BCUT2D eigenvalue weighted by Crippen LogP contribution is -1.85. The molecule has 0 aliphatic rings. The maximum atomic E-state index is 12.7. The van der Waals surface area contributed by atoms with E-state index in [4.69, 9.17) is 22.0 Å². The number of hydrogen-bond acceptors (Lipinski definition) is 2. The molecule has 0 bridgehead atoms. The molecule has 0 fully saturated rings. The molecule has 1 aromatic carbocycles. The fourth-order valence-electron chi connectivity index (χ4n) is 0.822. The van der Waals surface area contributed by atoms with Gasteiger partial charge in [0.15, 0.2) is 11.6 Å². The first-order valence-electron chi connectivity index (χ1n) is 3.19. The van der Waals surface area contributed by atoms with E-state index in [0.717, 1.165) is 0 Å². The van der Waals surface area contributed by atoms with Crippen LogP contribution < -0.4 is 0 Å². The van der Waals surface area contributed by atoms with Gasteiger partial charge in [-0.3, -0.25) is 0 Å². The highest BCUT2D eigenvalue weighted by Gasteiger charge is 2.07. The van der Waals surface area contributed by atoms with Crippen LogP contribution >= 0.6 is 11.6 Å². The summed E-state index contributed by atoms with van der Waals surface area (Å²) >= 11 is 5.41. The van der Waals surface area contributed by atoms with E-state index >= 15 is 0 Å². The number of phenols is 1. The van der Waals surface area contributed by atoms with Crippen LogP contribution in [-0.4, -0.2) is 5.11 Å². The molecule has 12 heavy (non-hydrogen) atoms. The van der Waals surface area contributed by atoms with Gasteiger partial charge in [0.05, 0.1) is 17.5 Å². The van der Waals surface area contributed by atoms with Crippen molar-refractivity contribution in [2.75, 3.05) is 0 Å². The Morgan fingerprint density at radius 2 is 2.25 bits per heavy atom. The standard InChI is InChI=1S/C8H5ClFNO/c9-6-3-5(1-2-11)4-7(12)8(6)10/h3-4,12H,1H2. The molecule has 0 saturated carbocycles. The molecule has 0 heterocycles. The summed E-state index contributed by atoms with van der Waals surface area (Å²) in [5.74, 6) is -1.37. The lowest BCUT2D eigenvalue weighted by atomic mass is 10.1. The largest absolute Gasteiger partial charge is 0.505 e. The molecule has 0 spiro atoms. The molecule has 62 valence electrons. The van der Waals surface area contributed by atoms with Crippen LogP contribution in [0.1, 0.15) is 5.56 Å². The Morgan fingerprint density at radius 1 is 1.58 bits per heavy atom. The van der Waals surface area contributed by atoms with Crippen LogP contribution in [0.4, 0.5) is 4.39 Å². The zero-order chi connectivity index (χ0) is 9.14. The summed E-state index contributed by atoms with van der Waals surface area (Å²) in [5, 5.41) is 17.1. The normalized spacial score (nSPS) is 9.42. The molecular weight excluding hydrogens is 181 g/mol. The first-order valence-corrected chi connectivity index (χ1v) is 3.56. The van der Waals surface area contributed by atoms with Gasteiger partial charge in [-0.05, 0) is 17.7 Å². The van der Waals surface area contributed by atoms with Gasteiger partial charge in [0.25, 0.3) is 0 Å². The van der Waals surface area contributed by atoms with E-state index in [2.05, 4.69) is 0 Å². The molecule has 0 unspecified atom stereocenters. The molecule has 0 aliphatic carbocycles.